The molecule has 2 aromatic carbocycles. The summed E-state index contributed by atoms with van der Waals surface area (Å²) < 4.78 is 5.44. The lowest BCUT2D eigenvalue weighted by Crippen LogP contribution is -2.34. The Balaban J connectivity index is 1.75. The van der Waals surface area contributed by atoms with Gasteiger partial charge in [0.2, 0.25) is 11.8 Å². The van der Waals surface area contributed by atoms with E-state index < -0.39 is 5.25 Å². The minimum atomic E-state index is -0.493. The second-order valence-corrected chi connectivity index (χ2v) is 9.55. The number of carbonyl (C=O) groups excluding carboxylic acids is 2. The van der Waals surface area contributed by atoms with E-state index in [-0.39, 0.29) is 18.2 Å². The van der Waals surface area contributed by atoms with E-state index in [0.717, 1.165) is 28.1 Å². The zero-order chi connectivity index (χ0) is 24.0. The monoisotopic (exact) mass is 467 g/mol. The molecule has 0 bridgehead atoms. The maximum Gasteiger partial charge on any atom is 0.242 e. The van der Waals surface area contributed by atoms with Crippen LogP contribution in [-0.2, 0) is 14.3 Å². The van der Waals surface area contributed by atoms with Crippen LogP contribution in [0.2, 0.25) is 0 Å². The van der Waals surface area contributed by atoms with Gasteiger partial charge in [-0.05, 0) is 81.5 Å². The average Bonchev–Trinajstić information content (AvgIpc) is 3.05. The molecule has 0 radical (unpaired) electrons. The van der Waals surface area contributed by atoms with E-state index in [2.05, 4.69) is 12.2 Å². The minimum absolute atomic E-state index is 0.0739. The first-order chi connectivity index (χ1) is 15.8. The Bertz CT molecular complexity index is 1050. The third-order valence-electron chi connectivity index (χ3n) is 5.65. The van der Waals surface area contributed by atoms with E-state index in [1.165, 1.54) is 17.3 Å². The van der Waals surface area contributed by atoms with Gasteiger partial charge in [-0.15, -0.1) is 0 Å². The SMILES string of the molecule is CCOCCCN1C(=O)C(CC(=O)Nc2cc(C)ccc2C)SC1=Nc1ccc(C)c(C)c1. The van der Waals surface area contributed by atoms with Crippen molar-refractivity contribution >= 4 is 40.1 Å². The molecule has 6 nitrogen and oxygen atoms in total. The summed E-state index contributed by atoms with van der Waals surface area (Å²) >= 11 is 1.37. The van der Waals surface area contributed by atoms with Gasteiger partial charge in [-0.3, -0.25) is 14.5 Å². The highest BCUT2D eigenvalue weighted by molar-refractivity contribution is 8.15. The van der Waals surface area contributed by atoms with Gasteiger partial charge in [0.1, 0.15) is 5.25 Å². The Labute approximate surface area is 200 Å². The number of ether oxygens (including phenoxy) is 1. The molecule has 0 saturated carbocycles. The number of benzene rings is 2. The molecule has 3 rings (SSSR count). The zero-order valence-corrected chi connectivity index (χ0v) is 20.9. The van der Waals surface area contributed by atoms with Gasteiger partial charge in [0, 0.05) is 31.9 Å². The Morgan fingerprint density at radius 3 is 2.58 bits per heavy atom. The third kappa shape index (κ3) is 6.68. The maximum atomic E-state index is 13.2. The molecule has 33 heavy (non-hydrogen) atoms. The molecule has 0 spiro atoms. The topological polar surface area (TPSA) is 71.0 Å². The maximum absolute atomic E-state index is 13.2. The highest BCUT2D eigenvalue weighted by Gasteiger charge is 2.39. The molecule has 0 aliphatic carbocycles. The molecule has 2 amide bonds. The predicted octanol–water partition coefficient (Wildman–Crippen LogP) is 5.31. The van der Waals surface area contributed by atoms with Crippen LogP contribution in [0.3, 0.4) is 0 Å². The average molecular weight is 468 g/mol. The summed E-state index contributed by atoms with van der Waals surface area (Å²) in [7, 11) is 0. The van der Waals surface area contributed by atoms with Crippen molar-refractivity contribution in [1.82, 2.24) is 4.90 Å². The summed E-state index contributed by atoms with van der Waals surface area (Å²) in [5.41, 5.74) is 6.01. The number of hydrogen-bond acceptors (Lipinski definition) is 5. The Morgan fingerprint density at radius 1 is 1.09 bits per heavy atom. The summed E-state index contributed by atoms with van der Waals surface area (Å²) in [6.07, 6.45) is 0.818. The first-order valence-electron chi connectivity index (χ1n) is 11.4. The smallest absolute Gasteiger partial charge is 0.242 e. The largest absolute Gasteiger partial charge is 0.382 e. The molecule has 7 heteroatoms. The first-order valence-corrected chi connectivity index (χ1v) is 12.2. The quantitative estimate of drug-likeness (QED) is 0.508. The number of rotatable bonds is 9. The van der Waals surface area contributed by atoms with Crippen molar-refractivity contribution < 1.29 is 14.3 Å². The number of thioether (sulfide) groups is 1. The number of nitrogens with one attached hydrogen (secondary N) is 1. The van der Waals surface area contributed by atoms with E-state index >= 15 is 0 Å². The molecule has 1 N–H and O–H groups in total. The molecular weight excluding hydrogens is 434 g/mol. The van der Waals surface area contributed by atoms with Crippen molar-refractivity contribution in [3.8, 4) is 0 Å². The molecule has 1 atom stereocenters. The van der Waals surface area contributed by atoms with Crippen molar-refractivity contribution in [2.75, 3.05) is 25.1 Å². The number of amidine groups is 1. The van der Waals surface area contributed by atoms with Crippen molar-refractivity contribution in [2.24, 2.45) is 4.99 Å². The van der Waals surface area contributed by atoms with Gasteiger partial charge in [0.05, 0.1) is 5.69 Å². The molecule has 2 aromatic rings. The number of amides is 2. The Hall–Kier alpha value is -2.64. The molecule has 1 saturated heterocycles. The van der Waals surface area contributed by atoms with E-state index in [0.29, 0.717) is 31.3 Å². The normalized spacial score (nSPS) is 17.1. The molecule has 0 aromatic heterocycles. The number of anilines is 1. The van der Waals surface area contributed by atoms with E-state index in [1.54, 1.807) is 4.90 Å². The van der Waals surface area contributed by atoms with Crippen LogP contribution < -0.4 is 5.32 Å². The van der Waals surface area contributed by atoms with Gasteiger partial charge in [-0.1, -0.05) is 30.0 Å². The highest BCUT2D eigenvalue weighted by Crippen LogP contribution is 2.32. The van der Waals surface area contributed by atoms with Crippen LogP contribution in [0.4, 0.5) is 11.4 Å². The fourth-order valence-corrected chi connectivity index (χ4v) is 4.73. The molecular formula is C26H33N3O3S. The lowest BCUT2D eigenvalue weighted by Gasteiger charge is -2.16. The highest BCUT2D eigenvalue weighted by atomic mass is 32.2. The van der Waals surface area contributed by atoms with Crippen LogP contribution in [0.1, 0.15) is 42.0 Å². The van der Waals surface area contributed by atoms with Gasteiger partial charge in [0.25, 0.3) is 0 Å². The van der Waals surface area contributed by atoms with Gasteiger partial charge in [-0.25, -0.2) is 4.99 Å². The van der Waals surface area contributed by atoms with Crippen LogP contribution in [0.5, 0.6) is 0 Å². The molecule has 1 unspecified atom stereocenters. The standard InChI is InChI=1S/C26H33N3O3S/c1-6-32-13-7-12-29-25(31)23(16-24(30)28-22-14-17(2)8-9-19(22)4)33-26(29)27-21-11-10-18(3)20(5)15-21/h8-11,14-15,23H,6-7,12-13,16H2,1-5H3,(H,28,30). The first kappa shape index (κ1) is 25.0. The van der Waals surface area contributed by atoms with Crippen molar-refractivity contribution in [1.29, 1.82) is 0 Å². The van der Waals surface area contributed by atoms with Crippen LogP contribution in [0.15, 0.2) is 41.4 Å². The van der Waals surface area contributed by atoms with Crippen molar-refractivity contribution in [3.63, 3.8) is 0 Å². The number of carbonyl (C=O) groups is 2. The molecule has 1 aliphatic rings. The van der Waals surface area contributed by atoms with Crippen LogP contribution in [-0.4, -0.2) is 46.9 Å². The summed E-state index contributed by atoms with van der Waals surface area (Å²) in [6, 6.07) is 12.0. The molecule has 1 aliphatic heterocycles. The molecule has 1 fully saturated rings. The lowest BCUT2D eigenvalue weighted by molar-refractivity contribution is -0.128. The fourth-order valence-electron chi connectivity index (χ4n) is 3.55. The summed E-state index contributed by atoms with van der Waals surface area (Å²) in [5, 5.41) is 3.12. The van der Waals surface area contributed by atoms with Crippen LogP contribution in [0.25, 0.3) is 0 Å². The van der Waals surface area contributed by atoms with E-state index in [1.807, 2.05) is 64.1 Å². The van der Waals surface area contributed by atoms with Gasteiger partial charge < -0.3 is 10.1 Å². The summed E-state index contributed by atoms with van der Waals surface area (Å²) in [5.74, 6) is -0.244. The predicted molar refractivity (Wildman–Crippen MR) is 136 cm³/mol. The minimum Gasteiger partial charge on any atom is -0.382 e. The number of aryl methyl sites for hydroxylation is 4. The Morgan fingerprint density at radius 2 is 1.85 bits per heavy atom. The van der Waals surface area contributed by atoms with E-state index in [9.17, 15) is 9.59 Å². The van der Waals surface area contributed by atoms with Crippen molar-refractivity contribution in [3.05, 3.63) is 58.7 Å². The van der Waals surface area contributed by atoms with Crippen molar-refractivity contribution in [2.45, 2.75) is 52.7 Å². The zero-order valence-electron chi connectivity index (χ0n) is 20.1. The fraction of sp³-hybridized carbons (Fsp3) is 0.423. The van der Waals surface area contributed by atoms with Gasteiger partial charge in [0.15, 0.2) is 5.17 Å². The van der Waals surface area contributed by atoms with Crippen LogP contribution in [0, 0.1) is 27.7 Å². The number of aliphatic imine (C=N–C) groups is 1. The molecule has 176 valence electrons. The number of nitrogens with zero attached hydrogens (tertiary/aromatic N) is 2. The van der Waals surface area contributed by atoms with Gasteiger partial charge >= 0.3 is 0 Å². The van der Waals surface area contributed by atoms with Crippen LogP contribution >= 0.6 is 11.8 Å². The number of hydrogen-bond donors (Lipinski definition) is 1. The van der Waals surface area contributed by atoms with Gasteiger partial charge in [-0.2, -0.15) is 0 Å². The second kappa shape index (κ2) is 11.5. The summed E-state index contributed by atoms with van der Waals surface area (Å²) in [4.78, 5) is 32.5. The Kier molecular flexibility index (Phi) is 8.69. The lowest BCUT2D eigenvalue weighted by atomic mass is 10.1. The second-order valence-electron chi connectivity index (χ2n) is 8.38. The molecule has 1 heterocycles. The third-order valence-corrected chi connectivity index (χ3v) is 6.82. The van der Waals surface area contributed by atoms with E-state index in [4.69, 9.17) is 9.73 Å². The summed E-state index contributed by atoms with van der Waals surface area (Å²) in [6.45, 7) is 11.8.